The second-order valence-corrected chi connectivity index (χ2v) is 6.65. The fourth-order valence-corrected chi connectivity index (χ4v) is 3.57. The highest BCUT2D eigenvalue weighted by molar-refractivity contribution is 5.55. The number of halogens is 2. The van der Waals surface area contributed by atoms with Gasteiger partial charge >= 0.3 is 0 Å². The first-order valence-corrected chi connectivity index (χ1v) is 9.09. The Hall–Kier alpha value is -2.89. The van der Waals surface area contributed by atoms with E-state index >= 15 is 0 Å². The van der Waals surface area contributed by atoms with Gasteiger partial charge in [-0.1, -0.05) is 18.2 Å². The molecule has 2 aromatic carbocycles. The molecule has 0 saturated carbocycles. The molecule has 4 rings (SSSR count). The zero-order chi connectivity index (χ0) is 18.8. The van der Waals surface area contributed by atoms with Gasteiger partial charge in [-0.2, -0.15) is 5.10 Å². The Kier molecular flexibility index (Phi) is 4.79. The molecule has 1 aliphatic rings. The summed E-state index contributed by atoms with van der Waals surface area (Å²) in [7, 11) is 1.65. The first-order chi connectivity index (χ1) is 13.2. The second kappa shape index (κ2) is 7.39. The van der Waals surface area contributed by atoms with Gasteiger partial charge < -0.3 is 10.1 Å². The van der Waals surface area contributed by atoms with E-state index in [1.165, 1.54) is 12.1 Å². The molecule has 0 atom stereocenters. The zero-order valence-corrected chi connectivity index (χ0v) is 15.1. The largest absolute Gasteiger partial charge is 0.496 e. The summed E-state index contributed by atoms with van der Waals surface area (Å²) in [4.78, 5) is 0. The van der Waals surface area contributed by atoms with Gasteiger partial charge in [0.15, 0.2) is 5.82 Å². The SMILES string of the molecule is COc1ccccc1Cc1nn(-c2ccc(F)cc2F)c2c1CCCCN2. The van der Waals surface area contributed by atoms with Crippen LogP contribution in [0.2, 0.25) is 0 Å². The molecule has 1 N–H and O–H groups in total. The van der Waals surface area contributed by atoms with Crippen molar-refractivity contribution in [1.82, 2.24) is 9.78 Å². The van der Waals surface area contributed by atoms with E-state index in [0.29, 0.717) is 6.42 Å². The number of hydrogen-bond acceptors (Lipinski definition) is 3. The number of nitrogens with zero attached hydrogens (tertiary/aromatic N) is 2. The minimum absolute atomic E-state index is 0.244. The normalized spacial score (nSPS) is 13.6. The summed E-state index contributed by atoms with van der Waals surface area (Å²) in [6, 6.07) is 11.4. The average molecular weight is 369 g/mol. The Labute approximate surface area is 156 Å². The van der Waals surface area contributed by atoms with Gasteiger partial charge in [-0.3, -0.25) is 0 Å². The topological polar surface area (TPSA) is 39.1 Å². The average Bonchev–Trinajstić information content (AvgIpc) is 2.84. The fourth-order valence-electron chi connectivity index (χ4n) is 3.57. The summed E-state index contributed by atoms with van der Waals surface area (Å²) in [6.45, 7) is 0.801. The molecule has 1 aromatic heterocycles. The van der Waals surface area contributed by atoms with Crippen molar-refractivity contribution in [2.45, 2.75) is 25.7 Å². The third kappa shape index (κ3) is 3.39. The Balaban J connectivity index is 1.82. The van der Waals surface area contributed by atoms with E-state index in [4.69, 9.17) is 9.84 Å². The third-order valence-electron chi connectivity index (χ3n) is 4.90. The predicted octanol–water partition coefficient (Wildman–Crippen LogP) is 4.50. The van der Waals surface area contributed by atoms with Gasteiger partial charge in [0, 0.05) is 30.2 Å². The van der Waals surface area contributed by atoms with Crippen LogP contribution in [0.15, 0.2) is 42.5 Å². The van der Waals surface area contributed by atoms with Crippen molar-refractivity contribution in [1.29, 1.82) is 0 Å². The number of nitrogens with one attached hydrogen (secondary N) is 1. The number of methoxy groups -OCH3 is 1. The molecule has 1 aliphatic heterocycles. The Bertz CT molecular complexity index is 968. The number of ether oxygens (including phenoxy) is 1. The molecule has 0 aliphatic carbocycles. The van der Waals surface area contributed by atoms with E-state index < -0.39 is 11.6 Å². The molecular formula is C21H21F2N3O. The molecule has 3 aromatic rings. The van der Waals surface area contributed by atoms with Crippen LogP contribution in [0.25, 0.3) is 5.69 Å². The third-order valence-corrected chi connectivity index (χ3v) is 4.90. The lowest BCUT2D eigenvalue weighted by molar-refractivity contribution is 0.410. The molecular weight excluding hydrogens is 348 g/mol. The summed E-state index contributed by atoms with van der Waals surface area (Å²) < 4.78 is 34.8. The maximum Gasteiger partial charge on any atom is 0.151 e. The first kappa shape index (κ1) is 17.5. The minimum Gasteiger partial charge on any atom is -0.496 e. The quantitative estimate of drug-likeness (QED) is 0.736. The number of benzene rings is 2. The van der Waals surface area contributed by atoms with Gasteiger partial charge in [0.1, 0.15) is 23.1 Å². The molecule has 27 heavy (non-hydrogen) atoms. The highest BCUT2D eigenvalue weighted by Gasteiger charge is 2.23. The zero-order valence-electron chi connectivity index (χ0n) is 15.1. The number of hydrogen-bond donors (Lipinski definition) is 1. The van der Waals surface area contributed by atoms with Crippen LogP contribution in [0.1, 0.15) is 29.7 Å². The number of anilines is 1. The smallest absolute Gasteiger partial charge is 0.151 e. The van der Waals surface area contributed by atoms with Gasteiger partial charge in [0.2, 0.25) is 0 Å². The van der Waals surface area contributed by atoms with Gasteiger partial charge in [0.05, 0.1) is 12.8 Å². The van der Waals surface area contributed by atoms with E-state index in [2.05, 4.69) is 5.32 Å². The molecule has 2 heterocycles. The molecule has 0 bridgehead atoms. The van der Waals surface area contributed by atoms with Crippen LogP contribution in [0.3, 0.4) is 0 Å². The summed E-state index contributed by atoms with van der Waals surface area (Å²) in [5.41, 5.74) is 3.24. The van der Waals surface area contributed by atoms with Crippen molar-refractivity contribution in [2.24, 2.45) is 0 Å². The number of rotatable bonds is 4. The van der Waals surface area contributed by atoms with Crippen molar-refractivity contribution in [3.8, 4) is 11.4 Å². The maximum atomic E-state index is 14.4. The highest BCUT2D eigenvalue weighted by atomic mass is 19.1. The maximum absolute atomic E-state index is 14.4. The van der Waals surface area contributed by atoms with Crippen molar-refractivity contribution < 1.29 is 13.5 Å². The monoisotopic (exact) mass is 369 g/mol. The Morgan fingerprint density at radius 3 is 2.81 bits per heavy atom. The van der Waals surface area contributed by atoms with Crippen LogP contribution in [-0.4, -0.2) is 23.4 Å². The number of fused-ring (bicyclic) bond motifs is 1. The van der Waals surface area contributed by atoms with Gasteiger partial charge in [-0.25, -0.2) is 13.5 Å². The van der Waals surface area contributed by atoms with E-state index in [1.54, 1.807) is 11.8 Å². The number of para-hydroxylation sites is 1. The van der Waals surface area contributed by atoms with Gasteiger partial charge in [-0.05, 0) is 37.5 Å². The molecule has 140 valence electrons. The van der Waals surface area contributed by atoms with Crippen molar-refractivity contribution in [3.63, 3.8) is 0 Å². The van der Waals surface area contributed by atoms with Crippen LogP contribution in [0.5, 0.6) is 5.75 Å². The summed E-state index contributed by atoms with van der Waals surface area (Å²) >= 11 is 0. The van der Waals surface area contributed by atoms with Crippen LogP contribution >= 0.6 is 0 Å². The van der Waals surface area contributed by atoms with E-state index in [0.717, 1.165) is 60.3 Å². The molecule has 0 spiro atoms. The van der Waals surface area contributed by atoms with Crippen molar-refractivity contribution >= 4 is 5.82 Å². The highest BCUT2D eigenvalue weighted by Crippen LogP contribution is 2.31. The lowest BCUT2D eigenvalue weighted by Crippen LogP contribution is -2.08. The van der Waals surface area contributed by atoms with Crippen molar-refractivity contribution in [2.75, 3.05) is 19.0 Å². The molecule has 0 unspecified atom stereocenters. The van der Waals surface area contributed by atoms with E-state index in [1.807, 2.05) is 24.3 Å². The summed E-state index contributed by atoms with van der Waals surface area (Å²) in [5, 5.41) is 8.08. The molecule has 6 heteroatoms. The van der Waals surface area contributed by atoms with Crippen LogP contribution in [0, 0.1) is 11.6 Å². The molecule has 0 amide bonds. The predicted molar refractivity (Wildman–Crippen MR) is 101 cm³/mol. The van der Waals surface area contributed by atoms with E-state index in [-0.39, 0.29) is 5.69 Å². The molecule has 0 radical (unpaired) electrons. The minimum atomic E-state index is -0.629. The molecule has 0 saturated heterocycles. The molecule has 0 fully saturated rings. The standard InChI is InChI=1S/C21H21F2N3O/c1-27-20-8-3-2-6-14(20)12-18-16-7-4-5-11-24-21(16)26(25-18)19-10-9-15(22)13-17(19)23/h2-3,6,8-10,13,24H,4-5,7,11-12H2,1H3. The van der Waals surface area contributed by atoms with Crippen LogP contribution in [-0.2, 0) is 12.8 Å². The van der Waals surface area contributed by atoms with E-state index in [9.17, 15) is 8.78 Å². The lowest BCUT2D eigenvalue weighted by Gasteiger charge is -2.10. The van der Waals surface area contributed by atoms with Crippen molar-refractivity contribution in [3.05, 3.63) is 70.9 Å². The fraction of sp³-hybridized carbons (Fsp3) is 0.286. The number of aromatic nitrogens is 2. The van der Waals surface area contributed by atoms with Crippen LogP contribution < -0.4 is 10.1 Å². The van der Waals surface area contributed by atoms with Gasteiger partial charge in [-0.15, -0.1) is 0 Å². The lowest BCUT2D eigenvalue weighted by atomic mass is 10.0. The molecule has 4 nitrogen and oxygen atoms in total. The van der Waals surface area contributed by atoms with Crippen LogP contribution in [0.4, 0.5) is 14.6 Å². The second-order valence-electron chi connectivity index (χ2n) is 6.65. The first-order valence-electron chi connectivity index (χ1n) is 9.09. The van der Waals surface area contributed by atoms with Gasteiger partial charge in [0.25, 0.3) is 0 Å². The summed E-state index contributed by atoms with van der Waals surface area (Å²) in [5.74, 6) is 0.366. The summed E-state index contributed by atoms with van der Waals surface area (Å²) in [6.07, 6.45) is 3.53. The Morgan fingerprint density at radius 1 is 1.15 bits per heavy atom. The Morgan fingerprint density at radius 2 is 2.00 bits per heavy atom.